The van der Waals surface area contributed by atoms with Crippen LogP contribution >= 0.6 is 0 Å². The summed E-state index contributed by atoms with van der Waals surface area (Å²) in [7, 11) is 2.41. The largest absolute Gasteiger partial charge is 0.468 e. The average Bonchev–Trinajstić information content (AvgIpc) is 2.92. The fourth-order valence-corrected chi connectivity index (χ4v) is 1.40. The lowest BCUT2D eigenvalue weighted by molar-refractivity contribution is -0.159. The molecular weight excluding hydrogens is 188 g/mol. The third-order valence-electron chi connectivity index (χ3n) is 2.21. The molecule has 1 aliphatic rings. The molecule has 0 saturated heterocycles. The van der Waals surface area contributed by atoms with E-state index in [1.54, 1.807) is 0 Å². The molecule has 1 aliphatic carbocycles. The van der Waals surface area contributed by atoms with Crippen molar-refractivity contribution in [3.8, 4) is 0 Å². The Labute approximate surface area is 81.3 Å². The predicted octanol–water partition coefficient (Wildman–Crippen LogP) is -0.359. The van der Waals surface area contributed by atoms with E-state index in [0.29, 0.717) is 5.57 Å². The summed E-state index contributed by atoms with van der Waals surface area (Å²) in [6.45, 7) is -0.110. The molecule has 5 heteroatoms. The van der Waals surface area contributed by atoms with E-state index in [1.807, 2.05) is 0 Å². The fraction of sp³-hybridized carbons (Fsp3) is 0.556. The van der Waals surface area contributed by atoms with Gasteiger partial charge in [0.25, 0.3) is 0 Å². The highest BCUT2D eigenvalue weighted by Crippen LogP contribution is 2.48. The van der Waals surface area contributed by atoms with Gasteiger partial charge in [-0.25, -0.2) is 0 Å². The minimum Gasteiger partial charge on any atom is -0.468 e. The summed E-state index contributed by atoms with van der Waals surface area (Å²) in [6.07, 6.45) is 1.74. The molecule has 0 aromatic carbocycles. The predicted molar refractivity (Wildman–Crippen MR) is 46.3 cm³/mol. The number of aliphatic hydroxyl groups excluding tert-OH is 1. The van der Waals surface area contributed by atoms with Gasteiger partial charge in [-0.15, -0.1) is 0 Å². The number of aliphatic hydroxyl groups is 1. The first-order chi connectivity index (χ1) is 6.63. The topological polar surface area (TPSA) is 72.8 Å². The van der Waals surface area contributed by atoms with E-state index in [9.17, 15) is 9.59 Å². The normalized spacial score (nSPS) is 16.9. The Kier molecular flexibility index (Phi) is 2.90. The first-order valence-corrected chi connectivity index (χ1v) is 4.13. The summed E-state index contributed by atoms with van der Waals surface area (Å²) in [5.41, 5.74) is -0.801. The number of carbonyl (C=O) groups is 2. The molecule has 0 heterocycles. The van der Waals surface area contributed by atoms with Crippen molar-refractivity contribution in [2.75, 3.05) is 20.8 Å². The maximum atomic E-state index is 11.3. The number of hydrogen-bond donors (Lipinski definition) is 1. The van der Waals surface area contributed by atoms with Gasteiger partial charge in [-0.2, -0.15) is 0 Å². The maximum absolute atomic E-state index is 11.3. The number of ether oxygens (including phenoxy) is 2. The average molecular weight is 200 g/mol. The van der Waals surface area contributed by atoms with Crippen LogP contribution in [0.5, 0.6) is 0 Å². The Morgan fingerprint density at radius 1 is 1.36 bits per heavy atom. The number of carbonyl (C=O) groups excluding carboxylic acids is 2. The lowest BCUT2D eigenvalue weighted by Gasteiger charge is -2.12. The van der Waals surface area contributed by atoms with Gasteiger partial charge in [-0.05, 0) is 12.0 Å². The van der Waals surface area contributed by atoms with E-state index in [0.717, 1.165) is 0 Å². The minimum absolute atomic E-state index is 0.110. The second-order valence-electron chi connectivity index (χ2n) is 2.93. The number of rotatable bonds is 4. The SMILES string of the molecule is COC(=O)C1(C(=O)OC)C=C1CCO. The quantitative estimate of drug-likeness (QED) is 0.381. The van der Waals surface area contributed by atoms with Crippen molar-refractivity contribution < 1.29 is 24.2 Å². The fourth-order valence-electron chi connectivity index (χ4n) is 1.40. The smallest absolute Gasteiger partial charge is 0.331 e. The standard InChI is InChI=1S/C9H12O5/c1-13-7(11)9(8(12)14-2)5-6(9)3-4-10/h5,10H,3-4H2,1-2H3. The lowest BCUT2D eigenvalue weighted by atomic mass is 9.99. The zero-order valence-corrected chi connectivity index (χ0v) is 8.07. The van der Waals surface area contributed by atoms with Crippen LogP contribution < -0.4 is 0 Å². The summed E-state index contributed by atoms with van der Waals surface area (Å²) in [5, 5.41) is 8.67. The summed E-state index contributed by atoms with van der Waals surface area (Å²) < 4.78 is 9.01. The van der Waals surface area contributed by atoms with Gasteiger partial charge in [-0.1, -0.05) is 6.08 Å². The molecule has 0 fully saturated rings. The highest BCUT2D eigenvalue weighted by atomic mass is 16.5. The molecule has 0 aliphatic heterocycles. The van der Waals surface area contributed by atoms with Crippen molar-refractivity contribution in [3.05, 3.63) is 11.6 Å². The molecule has 0 bridgehead atoms. The maximum Gasteiger partial charge on any atom is 0.331 e. The molecule has 0 unspecified atom stereocenters. The highest BCUT2D eigenvalue weighted by molar-refractivity contribution is 6.10. The first kappa shape index (κ1) is 10.7. The van der Waals surface area contributed by atoms with Gasteiger partial charge in [0.15, 0.2) is 0 Å². The van der Waals surface area contributed by atoms with E-state index in [4.69, 9.17) is 5.11 Å². The zero-order chi connectivity index (χ0) is 10.8. The van der Waals surface area contributed by atoms with Crippen LogP contribution in [-0.4, -0.2) is 37.9 Å². The zero-order valence-electron chi connectivity index (χ0n) is 8.07. The van der Waals surface area contributed by atoms with Gasteiger partial charge in [0.2, 0.25) is 5.41 Å². The van der Waals surface area contributed by atoms with E-state index < -0.39 is 17.4 Å². The molecule has 78 valence electrons. The third kappa shape index (κ3) is 1.39. The first-order valence-electron chi connectivity index (χ1n) is 4.13. The van der Waals surface area contributed by atoms with E-state index in [1.165, 1.54) is 20.3 Å². The highest BCUT2D eigenvalue weighted by Gasteiger charge is 2.59. The second-order valence-corrected chi connectivity index (χ2v) is 2.93. The summed E-state index contributed by atoms with van der Waals surface area (Å²) in [5.74, 6) is -1.32. The van der Waals surface area contributed by atoms with Gasteiger partial charge in [-0.3, -0.25) is 9.59 Å². The van der Waals surface area contributed by atoms with Crippen molar-refractivity contribution in [3.63, 3.8) is 0 Å². The third-order valence-corrected chi connectivity index (χ3v) is 2.21. The van der Waals surface area contributed by atoms with Crippen molar-refractivity contribution in [1.29, 1.82) is 0 Å². The van der Waals surface area contributed by atoms with E-state index in [-0.39, 0.29) is 13.0 Å². The van der Waals surface area contributed by atoms with Crippen LogP contribution in [0.3, 0.4) is 0 Å². The number of methoxy groups -OCH3 is 2. The van der Waals surface area contributed by atoms with Crippen LogP contribution in [-0.2, 0) is 19.1 Å². The molecule has 0 aromatic rings. The minimum atomic E-state index is -1.35. The summed E-state index contributed by atoms with van der Waals surface area (Å²) >= 11 is 0. The molecule has 0 amide bonds. The monoisotopic (exact) mass is 200 g/mol. The molecule has 0 saturated carbocycles. The molecule has 1 N–H and O–H groups in total. The number of hydrogen-bond acceptors (Lipinski definition) is 5. The Morgan fingerprint density at radius 3 is 2.21 bits per heavy atom. The molecule has 0 spiro atoms. The molecule has 0 aromatic heterocycles. The Bertz CT molecular complexity index is 276. The van der Waals surface area contributed by atoms with Crippen molar-refractivity contribution in [2.24, 2.45) is 5.41 Å². The van der Waals surface area contributed by atoms with Crippen molar-refractivity contribution in [1.82, 2.24) is 0 Å². The molecule has 5 nitrogen and oxygen atoms in total. The van der Waals surface area contributed by atoms with Gasteiger partial charge in [0, 0.05) is 6.61 Å². The summed E-state index contributed by atoms with van der Waals surface area (Å²) in [6, 6.07) is 0. The van der Waals surface area contributed by atoms with E-state index in [2.05, 4.69) is 9.47 Å². The van der Waals surface area contributed by atoms with Crippen LogP contribution in [0.2, 0.25) is 0 Å². The van der Waals surface area contributed by atoms with Crippen LogP contribution in [0.25, 0.3) is 0 Å². The molecular formula is C9H12O5. The van der Waals surface area contributed by atoms with Crippen molar-refractivity contribution in [2.45, 2.75) is 6.42 Å². The van der Waals surface area contributed by atoms with Crippen LogP contribution in [0, 0.1) is 5.41 Å². The Morgan fingerprint density at radius 2 is 1.86 bits per heavy atom. The molecule has 0 radical (unpaired) electrons. The molecule has 0 atom stereocenters. The van der Waals surface area contributed by atoms with Crippen LogP contribution in [0.15, 0.2) is 11.6 Å². The second kappa shape index (κ2) is 3.79. The Hall–Kier alpha value is -1.36. The van der Waals surface area contributed by atoms with E-state index >= 15 is 0 Å². The van der Waals surface area contributed by atoms with Gasteiger partial charge >= 0.3 is 11.9 Å². The van der Waals surface area contributed by atoms with Crippen molar-refractivity contribution >= 4 is 11.9 Å². The van der Waals surface area contributed by atoms with Gasteiger partial charge in [0.05, 0.1) is 14.2 Å². The number of esters is 2. The molecule has 1 rings (SSSR count). The Balaban J connectivity index is 2.77. The molecule has 14 heavy (non-hydrogen) atoms. The summed E-state index contributed by atoms with van der Waals surface area (Å²) in [4.78, 5) is 22.6. The van der Waals surface area contributed by atoms with Crippen LogP contribution in [0.4, 0.5) is 0 Å². The van der Waals surface area contributed by atoms with Gasteiger partial charge in [0.1, 0.15) is 0 Å². The van der Waals surface area contributed by atoms with Gasteiger partial charge < -0.3 is 14.6 Å². The lowest BCUT2D eigenvalue weighted by Crippen LogP contribution is -2.31. The van der Waals surface area contributed by atoms with Crippen LogP contribution in [0.1, 0.15) is 6.42 Å².